The van der Waals surface area contributed by atoms with Gasteiger partial charge in [-0.15, -0.1) is 11.3 Å². The quantitative estimate of drug-likeness (QED) is 0.121. The average molecular weight is 758 g/mol. The molecule has 0 spiro atoms. The van der Waals surface area contributed by atoms with Crippen LogP contribution in [0.15, 0.2) is 60.2 Å². The average Bonchev–Trinajstić information content (AvgIpc) is 3.68. The molecule has 2 fully saturated rings. The fourth-order valence-electron chi connectivity index (χ4n) is 9.83. The van der Waals surface area contributed by atoms with E-state index in [0.717, 1.165) is 53.3 Å². The topological polar surface area (TPSA) is 96.3 Å². The molecule has 0 radical (unpaired) electrons. The lowest BCUT2D eigenvalue weighted by molar-refractivity contribution is -0.0868. The minimum Gasteiger partial charge on any atom is -0.446 e. The van der Waals surface area contributed by atoms with Crippen LogP contribution in [0.3, 0.4) is 0 Å². The van der Waals surface area contributed by atoms with Crippen molar-refractivity contribution in [2.75, 3.05) is 26.8 Å². The molecule has 3 aromatic rings. The molecule has 54 heavy (non-hydrogen) atoms. The monoisotopic (exact) mass is 757 g/mol. The molecular formula is C46H63NO6S. The number of benzene rings is 2. The van der Waals surface area contributed by atoms with Crippen LogP contribution in [-0.4, -0.2) is 71.6 Å². The maximum Gasteiger partial charge on any atom is 0.410 e. The molecular weight excluding hydrogens is 695 g/mol. The van der Waals surface area contributed by atoms with E-state index in [4.69, 9.17) is 9.47 Å². The summed E-state index contributed by atoms with van der Waals surface area (Å²) in [4.78, 5) is 31.3. The van der Waals surface area contributed by atoms with Crippen LogP contribution in [0.2, 0.25) is 0 Å². The summed E-state index contributed by atoms with van der Waals surface area (Å²) in [5, 5.41) is 25.2. The Kier molecular flexibility index (Phi) is 13.1. The van der Waals surface area contributed by atoms with Gasteiger partial charge >= 0.3 is 6.09 Å². The summed E-state index contributed by atoms with van der Waals surface area (Å²) in [6, 6.07) is 16.2. The predicted octanol–water partition coefficient (Wildman–Crippen LogP) is 10.1. The van der Waals surface area contributed by atoms with Gasteiger partial charge < -0.3 is 24.6 Å². The van der Waals surface area contributed by atoms with Crippen LogP contribution in [0, 0.1) is 23.2 Å². The second kappa shape index (κ2) is 17.4. The molecule has 7 nitrogen and oxygen atoms in total. The summed E-state index contributed by atoms with van der Waals surface area (Å²) in [6.45, 7) is 12.1. The van der Waals surface area contributed by atoms with Gasteiger partial charge in [-0.3, -0.25) is 4.79 Å². The van der Waals surface area contributed by atoms with Crippen LogP contribution in [0.1, 0.15) is 131 Å². The second-order valence-electron chi connectivity index (χ2n) is 17.4. The first-order valence-corrected chi connectivity index (χ1v) is 21.3. The number of hydrogen-bond acceptors (Lipinski definition) is 7. The summed E-state index contributed by atoms with van der Waals surface area (Å²) >= 11 is 1.51. The number of hydrogen-bond donors (Lipinski definition) is 2. The number of allylic oxidation sites excluding steroid dienone is 2. The number of methoxy groups -OCH3 is 1. The number of aliphatic hydroxyl groups is 2. The maximum absolute atomic E-state index is 14.6. The van der Waals surface area contributed by atoms with E-state index in [2.05, 4.69) is 52.8 Å². The van der Waals surface area contributed by atoms with Gasteiger partial charge in [0.15, 0.2) is 0 Å². The van der Waals surface area contributed by atoms with Gasteiger partial charge in [0.1, 0.15) is 6.10 Å². The number of ketones is 1. The van der Waals surface area contributed by atoms with E-state index in [1.807, 2.05) is 36.4 Å². The summed E-state index contributed by atoms with van der Waals surface area (Å²) in [5.41, 5.74) is 1.87. The molecule has 8 heteroatoms. The summed E-state index contributed by atoms with van der Waals surface area (Å²) in [5.74, 6) is 1.08. The number of fused-ring (bicyclic) bond motifs is 9. The Morgan fingerprint density at radius 2 is 1.85 bits per heavy atom. The predicted molar refractivity (Wildman–Crippen MR) is 218 cm³/mol. The fraction of sp³-hybridized carbons (Fsp3) is 0.609. The first-order valence-electron chi connectivity index (χ1n) is 20.5. The highest BCUT2D eigenvalue weighted by Crippen LogP contribution is 2.59. The molecule has 0 saturated heterocycles. The van der Waals surface area contributed by atoms with Crippen LogP contribution in [0.5, 0.6) is 0 Å². The Bertz CT molecular complexity index is 1770. The molecule has 2 bridgehead atoms. The molecule has 4 aliphatic rings. The highest BCUT2D eigenvalue weighted by atomic mass is 32.1. The molecule has 2 N–H and O–H groups in total. The van der Waals surface area contributed by atoms with Gasteiger partial charge in [0, 0.05) is 35.9 Å². The first-order chi connectivity index (χ1) is 25.8. The van der Waals surface area contributed by atoms with Crippen molar-refractivity contribution in [1.29, 1.82) is 0 Å². The van der Waals surface area contributed by atoms with E-state index in [9.17, 15) is 19.8 Å². The molecule has 2 saturated carbocycles. The number of aliphatic hydroxyl groups excluding tert-OH is 1. The van der Waals surface area contributed by atoms with E-state index in [0.29, 0.717) is 79.9 Å². The summed E-state index contributed by atoms with van der Waals surface area (Å²) < 4.78 is 12.9. The lowest BCUT2D eigenvalue weighted by Gasteiger charge is -2.46. The van der Waals surface area contributed by atoms with E-state index in [1.165, 1.54) is 16.9 Å². The molecule has 1 aromatic heterocycles. The molecule has 1 amide bonds. The van der Waals surface area contributed by atoms with Gasteiger partial charge in [-0.1, -0.05) is 76.1 Å². The van der Waals surface area contributed by atoms with Crippen molar-refractivity contribution in [3.05, 3.63) is 81.7 Å². The zero-order valence-corrected chi connectivity index (χ0v) is 34.3. The van der Waals surface area contributed by atoms with Gasteiger partial charge in [-0.25, -0.2) is 4.79 Å². The SMILES string of the molecule is COCCCN(C[C@]1(O)CC[C@H]2c3ccc(cc3C(=O)c3cc4ccccc4s3)C[C@@H](O)CCC(C)=CCC[C@@]21C)C(=O)O[C@H]1C[C@@H](C)CC[C@@H]1C(C)C. The number of ether oxygens (including phenoxy) is 2. The summed E-state index contributed by atoms with van der Waals surface area (Å²) in [7, 11) is 1.67. The van der Waals surface area contributed by atoms with Crippen LogP contribution in [-0.2, 0) is 15.9 Å². The fourth-order valence-corrected chi connectivity index (χ4v) is 10.8. The van der Waals surface area contributed by atoms with Crippen LogP contribution in [0.4, 0.5) is 4.79 Å². The van der Waals surface area contributed by atoms with E-state index in [-0.39, 0.29) is 30.4 Å². The third kappa shape index (κ3) is 8.83. The highest BCUT2D eigenvalue weighted by Gasteiger charge is 2.58. The van der Waals surface area contributed by atoms with Gasteiger partial charge in [-0.2, -0.15) is 0 Å². The number of amides is 1. The molecule has 0 unspecified atom stereocenters. The van der Waals surface area contributed by atoms with Crippen LogP contribution < -0.4 is 0 Å². The first kappa shape index (κ1) is 40.6. The van der Waals surface area contributed by atoms with E-state index < -0.39 is 17.1 Å². The molecule has 7 atom stereocenters. The Morgan fingerprint density at radius 1 is 1.06 bits per heavy atom. The Morgan fingerprint density at radius 3 is 2.61 bits per heavy atom. The largest absolute Gasteiger partial charge is 0.446 e. The minimum absolute atomic E-state index is 0.0191. The Labute approximate surface area is 327 Å². The van der Waals surface area contributed by atoms with E-state index in [1.54, 1.807) is 12.0 Å². The van der Waals surface area contributed by atoms with Gasteiger partial charge in [0.2, 0.25) is 5.78 Å². The van der Waals surface area contributed by atoms with Gasteiger partial charge in [0.05, 0.1) is 23.1 Å². The molecule has 2 aromatic carbocycles. The lowest BCUT2D eigenvalue weighted by Crippen LogP contribution is -2.54. The van der Waals surface area contributed by atoms with Crippen LogP contribution in [0.25, 0.3) is 10.1 Å². The molecule has 0 aliphatic heterocycles. The molecule has 4 aliphatic carbocycles. The Hall–Kier alpha value is -3.04. The number of carbonyl (C=O) groups is 2. The van der Waals surface area contributed by atoms with Crippen molar-refractivity contribution in [2.24, 2.45) is 23.2 Å². The van der Waals surface area contributed by atoms with Crippen molar-refractivity contribution in [2.45, 2.75) is 129 Å². The molecule has 7 rings (SSSR count). The smallest absolute Gasteiger partial charge is 0.410 e. The van der Waals surface area contributed by atoms with Crippen molar-refractivity contribution >= 4 is 33.3 Å². The van der Waals surface area contributed by atoms with Crippen molar-refractivity contribution in [3.63, 3.8) is 0 Å². The van der Waals surface area contributed by atoms with Gasteiger partial charge in [-0.05, 0) is 130 Å². The standard InChI is InChI=1S/C46H63NO6S/c1-30(2)36-18-15-32(4)25-40(36)53-44(50)47(23-10-24-52-6)29-46(51)22-20-39-37-19-16-33(26-35(48)17-14-31(3)11-9-21-45(39,46)5)27-38(37)43(49)42-28-34-12-7-8-13-41(34)54-42/h7-8,11-13,16,19,27-28,30,32,35-36,39-40,48,51H,9-10,14-15,17-18,20-26,29H2,1-6H3/t32-,35-,36+,39-,40-,45-,46+/m0/s1. The number of carbonyl (C=O) groups excluding carboxylic acids is 2. The van der Waals surface area contributed by atoms with Gasteiger partial charge in [0.25, 0.3) is 0 Å². The zero-order valence-electron chi connectivity index (χ0n) is 33.4. The summed E-state index contributed by atoms with van der Waals surface area (Å²) in [6.07, 6.45) is 9.47. The van der Waals surface area contributed by atoms with Crippen LogP contribution >= 0.6 is 11.3 Å². The normalized spacial score (nSPS) is 29.1. The second-order valence-corrected chi connectivity index (χ2v) is 18.5. The zero-order chi connectivity index (χ0) is 38.6. The van der Waals surface area contributed by atoms with Crippen molar-refractivity contribution < 1.29 is 29.3 Å². The number of thiophene rings is 1. The highest BCUT2D eigenvalue weighted by molar-refractivity contribution is 7.21. The van der Waals surface area contributed by atoms with Crippen molar-refractivity contribution in [1.82, 2.24) is 4.90 Å². The third-order valence-corrected chi connectivity index (χ3v) is 14.4. The number of rotatable bonds is 10. The maximum atomic E-state index is 14.6. The molecule has 1 heterocycles. The third-order valence-electron chi connectivity index (χ3n) is 13.3. The van der Waals surface area contributed by atoms with E-state index >= 15 is 0 Å². The number of nitrogens with zero attached hydrogens (tertiary/aromatic N) is 1. The minimum atomic E-state index is -1.23. The Balaban J connectivity index is 1.38. The van der Waals surface area contributed by atoms with Crippen molar-refractivity contribution in [3.8, 4) is 0 Å². The molecule has 294 valence electrons. The lowest BCUT2D eigenvalue weighted by atomic mass is 9.64.